The van der Waals surface area contributed by atoms with Gasteiger partial charge in [-0.05, 0) is 42.0 Å². The molecule has 0 radical (unpaired) electrons. The molecule has 1 aliphatic rings. The molecule has 172 valence electrons. The molecule has 4 rings (SSSR count). The summed E-state index contributed by atoms with van der Waals surface area (Å²) in [4.78, 5) is 22.8. The lowest BCUT2D eigenvalue weighted by Gasteiger charge is -2.19. The molecule has 0 aliphatic carbocycles. The lowest BCUT2D eigenvalue weighted by Crippen LogP contribution is -2.44. The Kier molecular flexibility index (Phi) is 9.05. The molecule has 3 aromatic rings. The second kappa shape index (κ2) is 12.2. The molecule has 0 spiro atoms. The van der Waals surface area contributed by atoms with Gasteiger partial charge in [-0.1, -0.05) is 36.4 Å². The van der Waals surface area contributed by atoms with Crippen LogP contribution in [0.3, 0.4) is 0 Å². The fourth-order valence-electron chi connectivity index (χ4n) is 3.58. The number of halogens is 1. The van der Waals surface area contributed by atoms with Crippen LogP contribution in [0.2, 0.25) is 0 Å². The molecule has 1 amide bonds. The normalized spacial score (nSPS) is 15.7. The molecule has 1 atom stereocenters. The maximum absolute atomic E-state index is 12.4. The third-order valence-electron chi connectivity index (χ3n) is 5.25. The summed E-state index contributed by atoms with van der Waals surface area (Å²) < 4.78 is 5.78. The minimum absolute atomic E-state index is 0. The van der Waals surface area contributed by atoms with Crippen molar-refractivity contribution < 1.29 is 9.53 Å². The van der Waals surface area contributed by atoms with Gasteiger partial charge in [0, 0.05) is 38.4 Å². The second-order valence-electron chi connectivity index (χ2n) is 7.56. The average Bonchev–Trinajstić information content (AvgIpc) is 3.22. The van der Waals surface area contributed by atoms with E-state index in [1.54, 1.807) is 13.2 Å². The lowest BCUT2D eigenvalue weighted by molar-refractivity contribution is -0.117. The van der Waals surface area contributed by atoms with E-state index >= 15 is 0 Å². The van der Waals surface area contributed by atoms with E-state index in [-0.39, 0.29) is 35.9 Å². The monoisotopic (exact) mass is 557 g/mol. The first kappa shape index (κ1) is 24.5. The molecular weight excluding hydrogens is 529 g/mol. The molecule has 1 saturated heterocycles. The van der Waals surface area contributed by atoms with Crippen LogP contribution in [0.4, 0.5) is 5.69 Å². The number of carbonyl (C=O) groups is 1. The molecule has 7 nitrogen and oxygen atoms in total. The van der Waals surface area contributed by atoms with Gasteiger partial charge in [0.25, 0.3) is 0 Å². The predicted octanol–water partition coefficient (Wildman–Crippen LogP) is 3.75. The number of para-hydroxylation sites is 1. The van der Waals surface area contributed by atoms with E-state index in [2.05, 4.69) is 20.6 Å². The van der Waals surface area contributed by atoms with Crippen molar-refractivity contribution in [2.75, 3.05) is 18.5 Å². The number of benzene rings is 2. The number of nitrogens with one attached hydrogen (secondary N) is 2. The zero-order valence-corrected chi connectivity index (χ0v) is 20.8. The smallest absolute Gasteiger partial charge is 0.229 e. The zero-order chi connectivity index (χ0) is 22.2. The largest absolute Gasteiger partial charge is 0.487 e. The highest BCUT2D eigenvalue weighted by Gasteiger charge is 2.30. The van der Waals surface area contributed by atoms with Gasteiger partial charge in [-0.15, -0.1) is 24.0 Å². The SMILES string of the molecule is CN=C(NCc1ccc(OCc2ccccn2)cc1)NC1CC(=O)N(c2ccccc2)C1.I. The highest BCUT2D eigenvalue weighted by Crippen LogP contribution is 2.21. The number of carbonyl (C=O) groups excluding carboxylic acids is 1. The van der Waals surface area contributed by atoms with Crippen molar-refractivity contribution in [1.82, 2.24) is 15.6 Å². The van der Waals surface area contributed by atoms with Crippen LogP contribution in [0.5, 0.6) is 5.75 Å². The van der Waals surface area contributed by atoms with E-state index in [0.29, 0.717) is 32.1 Å². The highest BCUT2D eigenvalue weighted by atomic mass is 127. The van der Waals surface area contributed by atoms with Crippen LogP contribution in [0, 0.1) is 0 Å². The van der Waals surface area contributed by atoms with Gasteiger partial charge in [0.05, 0.1) is 11.7 Å². The number of hydrogen-bond acceptors (Lipinski definition) is 4. The summed E-state index contributed by atoms with van der Waals surface area (Å²) in [5.41, 5.74) is 2.92. The number of anilines is 1. The predicted molar refractivity (Wildman–Crippen MR) is 141 cm³/mol. The van der Waals surface area contributed by atoms with E-state index in [1.165, 1.54) is 0 Å². The Balaban J connectivity index is 0.00000306. The third-order valence-corrected chi connectivity index (χ3v) is 5.25. The summed E-state index contributed by atoms with van der Waals surface area (Å²) in [5.74, 6) is 1.59. The average molecular weight is 557 g/mol. The van der Waals surface area contributed by atoms with E-state index in [9.17, 15) is 4.79 Å². The van der Waals surface area contributed by atoms with Gasteiger partial charge < -0.3 is 20.3 Å². The van der Waals surface area contributed by atoms with Crippen molar-refractivity contribution in [3.05, 3.63) is 90.3 Å². The Labute approximate surface area is 211 Å². The van der Waals surface area contributed by atoms with Gasteiger partial charge in [0.2, 0.25) is 5.91 Å². The number of nitrogens with zero attached hydrogens (tertiary/aromatic N) is 3. The molecule has 2 heterocycles. The van der Waals surface area contributed by atoms with Gasteiger partial charge in [-0.25, -0.2) is 0 Å². The Hall–Kier alpha value is -3.14. The highest BCUT2D eigenvalue weighted by molar-refractivity contribution is 14.0. The zero-order valence-electron chi connectivity index (χ0n) is 18.5. The number of guanidine groups is 1. The number of aliphatic imine (C=N–C) groups is 1. The summed E-state index contributed by atoms with van der Waals surface area (Å²) in [5, 5.41) is 6.68. The molecule has 33 heavy (non-hydrogen) atoms. The van der Waals surface area contributed by atoms with Crippen LogP contribution < -0.4 is 20.3 Å². The molecule has 2 aromatic carbocycles. The van der Waals surface area contributed by atoms with E-state index < -0.39 is 0 Å². The molecule has 1 aromatic heterocycles. The number of pyridine rings is 1. The third kappa shape index (κ3) is 6.92. The van der Waals surface area contributed by atoms with Gasteiger partial charge in [-0.2, -0.15) is 0 Å². The van der Waals surface area contributed by atoms with Crippen molar-refractivity contribution in [2.45, 2.75) is 25.6 Å². The first-order valence-corrected chi connectivity index (χ1v) is 10.7. The van der Waals surface area contributed by atoms with E-state index in [1.807, 2.05) is 77.7 Å². The van der Waals surface area contributed by atoms with Crippen LogP contribution in [0.25, 0.3) is 0 Å². The molecule has 1 fully saturated rings. The number of amides is 1. The summed E-state index contributed by atoms with van der Waals surface area (Å²) >= 11 is 0. The minimum atomic E-state index is 0. The fourth-order valence-corrected chi connectivity index (χ4v) is 3.58. The topological polar surface area (TPSA) is 78.9 Å². The minimum Gasteiger partial charge on any atom is -0.487 e. The van der Waals surface area contributed by atoms with Crippen molar-refractivity contribution in [3.8, 4) is 5.75 Å². The van der Waals surface area contributed by atoms with Gasteiger partial charge in [-0.3, -0.25) is 14.8 Å². The Bertz CT molecular complexity index is 1050. The Morgan fingerprint density at radius 1 is 1.09 bits per heavy atom. The first-order chi connectivity index (χ1) is 15.7. The summed E-state index contributed by atoms with van der Waals surface area (Å²) in [6.07, 6.45) is 2.20. The number of ether oxygens (including phenoxy) is 1. The maximum atomic E-state index is 12.4. The van der Waals surface area contributed by atoms with Crippen LogP contribution in [0.1, 0.15) is 17.7 Å². The molecular formula is C25H28IN5O2. The molecule has 2 N–H and O–H groups in total. The Morgan fingerprint density at radius 3 is 2.55 bits per heavy atom. The molecule has 0 bridgehead atoms. The standard InChI is InChI=1S/C25H27N5O2.HI/c1-26-25(29-21-15-24(31)30(17-21)22-8-3-2-4-9-22)28-16-19-10-12-23(13-11-19)32-18-20-7-5-6-14-27-20;/h2-14,21H,15-18H2,1H3,(H2,26,28,29);1H. The number of hydrogen-bond donors (Lipinski definition) is 2. The molecule has 1 unspecified atom stereocenters. The Morgan fingerprint density at radius 2 is 1.85 bits per heavy atom. The van der Waals surface area contributed by atoms with Gasteiger partial charge in [0.1, 0.15) is 12.4 Å². The van der Waals surface area contributed by atoms with Crippen LogP contribution in [0.15, 0.2) is 84.0 Å². The molecule has 0 saturated carbocycles. The lowest BCUT2D eigenvalue weighted by atomic mass is 10.2. The fraction of sp³-hybridized carbons (Fsp3) is 0.240. The summed E-state index contributed by atoms with van der Waals surface area (Å²) in [6, 6.07) is 23.5. The summed E-state index contributed by atoms with van der Waals surface area (Å²) in [6.45, 7) is 1.67. The van der Waals surface area contributed by atoms with Crippen LogP contribution in [-0.4, -0.2) is 36.5 Å². The van der Waals surface area contributed by atoms with Crippen LogP contribution in [-0.2, 0) is 17.9 Å². The quantitative estimate of drug-likeness (QED) is 0.263. The summed E-state index contributed by atoms with van der Waals surface area (Å²) in [7, 11) is 1.73. The van der Waals surface area contributed by atoms with Crippen molar-refractivity contribution in [2.24, 2.45) is 4.99 Å². The van der Waals surface area contributed by atoms with E-state index in [4.69, 9.17) is 4.74 Å². The molecule has 1 aliphatic heterocycles. The second-order valence-corrected chi connectivity index (χ2v) is 7.56. The van der Waals surface area contributed by atoms with Gasteiger partial charge >= 0.3 is 0 Å². The first-order valence-electron chi connectivity index (χ1n) is 10.7. The molecule has 8 heteroatoms. The number of rotatable bonds is 7. The number of aromatic nitrogens is 1. The van der Waals surface area contributed by atoms with Crippen molar-refractivity contribution in [3.63, 3.8) is 0 Å². The maximum Gasteiger partial charge on any atom is 0.229 e. The van der Waals surface area contributed by atoms with Crippen LogP contribution >= 0.6 is 24.0 Å². The van der Waals surface area contributed by atoms with Gasteiger partial charge in [0.15, 0.2) is 5.96 Å². The van der Waals surface area contributed by atoms with Crippen molar-refractivity contribution >= 4 is 41.5 Å². The van der Waals surface area contributed by atoms with E-state index in [0.717, 1.165) is 22.7 Å². The van der Waals surface area contributed by atoms with Crippen molar-refractivity contribution in [1.29, 1.82) is 0 Å².